The highest BCUT2D eigenvalue weighted by molar-refractivity contribution is 7.15. The molecule has 5 heteroatoms. The molecule has 0 amide bonds. The average Bonchev–Trinajstić information content (AvgIpc) is 3.04. The highest BCUT2D eigenvalue weighted by atomic mass is 32.1. The number of thiazole rings is 1. The van der Waals surface area contributed by atoms with E-state index < -0.39 is 5.97 Å². The van der Waals surface area contributed by atoms with Gasteiger partial charge in [0.1, 0.15) is 0 Å². The number of hydrogen-bond donors (Lipinski definition) is 1. The molecule has 2 aromatic heterocycles. The molecule has 0 atom stereocenters. The van der Waals surface area contributed by atoms with E-state index in [1.54, 1.807) is 11.3 Å². The molecule has 1 aliphatic carbocycles. The van der Waals surface area contributed by atoms with Gasteiger partial charge in [-0.25, -0.2) is 9.78 Å². The Morgan fingerprint density at radius 2 is 2.05 bits per heavy atom. The number of hydrogen-bond acceptors (Lipinski definition) is 3. The Kier molecular flexibility index (Phi) is 3.04. The molecular formula is C17H16N2O2S. The van der Waals surface area contributed by atoms with E-state index >= 15 is 0 Å². The Labute approximate surface area is 132 Å². The van der Waals surface area contributed by atoms with Crippen LogP contribution in [-0.2, 0) is 12.8 Å². The van der Waals surface area contributed by atoms with Crippen LogP contribution in [0.4, 0.5) is 0 Å². The van der Waals surface area contributed by atoms with Crippen LogP contribution in [0.25, 0.3) is 16.2 Å². The van der Waals surface area contributed by atoms with Crippen molar-refractivity contribution in [2.24, 2.45) is 0 Å². The first-order chi connectivity index (χ1) is 10.6. The molecule has 0 spiro atoms. The predicted molar refractivity (Wildman–Crippen MR) is 86.8 cm³/mol. The Morgan fingerprint density at radius 3 is 2.82 bits per heavy atom. The SMILES string of the molecule is Cc1nc2scc(-c3ccc4c(c3)CCCC4)n2c1C(=O)O. The second kappa shape index (κ2) is 4.95. The van der Waals surface area contributed by atoms with Crippen LogP contribution in [0.5, 0.6) is 0 Å². The van der Waals surface area contributed by atoms with Crippen molar-refractivity contribution in [2.75, 3.05) is 0 Å². The van der Waals surface area contributed by atoms with Gasteiger partial charge in [0.05, 0.1) is 11.4 Å². The van der Waals surface area contributed by atoms with Gasteiger partial charge in [0, 0.05) is 5.38 Å². The molecule has 0 radical (unpaired) electrons. The molecule has 4 nitrogen and oxygen atoms in total. The molecule has 0 bridgehead atoms. The summed E-state index contributed by atoms with van der Waals surface area (Å²) in [7, 11) is 0. The van der Waals surface area contributed by atoms with Crippen molar-refractivity contribution in [3.63, 3.8) is 0 Å². The van der Waals surface area contributed by atoms with Gasteiger partial charge in [0.2, 0.25) is 0 Å². The van der Waals surface area contributed by atoms with Crippen molar-refractivity contribution in [3.8, 4) is 11.3 Å². The lowest BCUT2D eigenvalue weighted by atomic mass is 9.90. The maximum atomic E-state index is 11.6. The van der Waals surface area contributed by atoms with Crippen LogP contribution in [0.2, 0.25) is 0 Å². The number of imidazole rings is 1. The summed E-state index contributed by atoms with van der Waals surface area (Å²) in [6.07, 6.45) is 4.77. The topological polar surface area (TPSA) is 54.6 Å². The van der Waals surface area contributed by atoms with Gasteiger partial charge in [0.25, 0.3) is 0 Å². The van der Waals surface area contributed by atoms with Crippen molar-refractivity contribution >= 4 is 22.3 Å². The minimum Gasteiger partial charge on any atom is -0.477 e. The number of carboxylic acid groups (broad SMARTS) is 1. The zero-order valence-electron chi connectivity index (χ0n) is 12.3. The molecule has 0 aliphatic heterocycles. The molecule has 22 heavy (non-hydrogen) atoms. The van der Waals surface area contributed by atoms with Crippen LogP contribution in [0.1, 0.15) is 40.2 Å². The monoisotopic (exact) mass is 312 g/mol. The summed E-state index contributed by atoms with van der Waals surface area (Å²) in [5.41, 5.74) is 5.67. The molecule has 1 aromatic carbocycles. The van der Waals surface area contributed by atoms with Gasteiger partial charge in [0.15, 0.2) is 10.7 Å². The van der Waals surface area contributed by atoms with Gasteiger partial charge in [-0.05, 0) is 55.4 Å². The number of rotatable bonds is 2. The summed E-state index contributed by atoms with van der Waals surface area (Å²) in [4.78, 5) is 16.7. The first-order valence-electron chi connectivity index (χ1n) is 7.47. The lowest BCUT2D eigenvalue weighted by molar-refractivity contribution is 0.0688. The summed E-state index contributed by atoms with van der Waals surface area (Å²) < 4.78 is 1.77. The molecule has 1 N–H and O–H groups in total. The molecule has 0 fully saturated rings. The smallest absolute Gasteiger partial charge is 0.354 e. The van der Waals surface area contributed by atoms with Crippen LogP contribution in [0.3, 0.4) is 0 Å². The van der Waals surface area contributed by atoms with Crippen LogP contribution in [0.15, 0.2) is 23.6 Å². The minimum absolute atomic E-state index is 0.268. The standard InChI is InChI=1S/C17H16N2O2S/c1-10-15(16(20)21)19-14(9-22-17(19)18-10)13-7-6-11-4-2-3-5-12(11)8-13/h6-9H,2-5H2,1H3,(H,20,21). The first-order valence-corrected chi connectivity index (χ1v) is 8.35. The number of aromatic nitrogens is 2. The van der Waals surface area contributed by atoms with Crippen molar-refractivity contribution in [1.82, 2.24) is 9.38 Å². The summed E-state index contributed by atoms with van der Waals surface area (Å²) in [5, 5.41) is 11.5. The molecule has 112 valence electrons. The van der Waals surface area contributed by atoms with Crippen LogP contribution >= 0.6 is 11.3 Å². The van der Waals surface area contributed by atoms with Gasteiger partial charge in [-0.15, -0.1) is 11.3 Å². The first kappa shape index (κ1) is 13.5. The number of fused-ring (bicyclic) bond motifs is 2. The fraction of sp³-hybridized carbons (Fsp3) is 0.294. The molecule has 4 rings (SSSR count). The van der Waals surface area contributed by atoms with Crippen LogP contribution < -0.4 is 0 Å². The molecule has 0 unspecified atom stereocenters. The third-order valence-electron chi connectivity index (χ3n) is 4.38. The van der Waals surface area contributed by atoms with Gasteiger partial charge in [-0.2, -0.15) is 0 Å². The van der Waals surface area contributed by atoms with Crippen molar-refractivity contribution in [3.05, 3.63) is 46.1 Å². The maximum absolute atomic E-state index is 11.6. The number of aromatic carboxylic acids is 1. The third-order valence-corrected chi connectivity index (χ3v) is 5.21. The Bertz CT molecular complexity index is 892. The van der Waals surface area contributed by atoms with Crippen molar-refractivity contribution in [1.29, 1.82) is 0 Å². The lowest BCUT2D eigenvalue weighted by Gasteiger charge is -2.16. The highest BCUT2D eigenvalue weighted by Crippen LogP contribution is 2.32. The molecular weight excluding hydrogens is 296 g/mol. The fourth-order valence-electron chi connectivity index (χ4n) is 3.31. The van der Waals surface area contributed by atoms with E-state index in [0.29, 0.717) is 5.69 Å². The second-order valence-corrected chi connectivity index (χ2v) is 6.62. The number of aryl methyl sites for hydroxylation is 3. The largest absolute Gasteiger partial charge is 0.477 e. The highest BCUT2D eigenvalue weighted by Gasteiger charge is 2.20. The Morgan fingerprint density at radius 1 is 1.27 bits per heavy atom. The Hall–Kier alpha value is -2.14. The number of carbonyl (C=O) groups is 1. The van der Waals surface area contributed by atoms with E-state index in [-0.39, 0.29) is 5.69 Å². The minimum atomic E-state index is -0.928. The van der Waals surface area contributed by atoms with E-state index in [2.05, 4.69) is 23.2 Å². The molecule has 0 saturated heterocycles. The normalized spacial score (nSPS) is 14.2. The summed E-state index contributed by atoms with van der Waals surface area (Å²) in [6.45, 7) is 1.75. The molecule has 0 saturated carbocycles. The zero-order valence-corrected chi connectivity index (χ0v) is 13.1. The zero-order chi connectivity index (χ0) is 15.3. The van der Waals surface area contributed by atoms with Crippen molar-refractivity contribution in [2.45, 2.75) is 32.6 Å². The van der Waals surface area contributed by atoms with Crippen LogP contribution in [0, 0.1) is 6.92 Å². The number of nitrogens with zero attached hydrogens (tertiary/aromatic N) is 2. The van der Waals surface area contributed by atoms with Crippen LogP contribution in [-0.4, -0.2) is 20.5 Å². The van der Waals surface area contributed by atoms with E-state index in [1.807, 2.05) is 5.38 Å². The predicted octanol–water partition coefficient (Wildman–Crippen LogP) is 3.95. The maximum Gasteiger partial charge on any atom is 0.354 e. The summed E-state index contributed by atoms with van der Waals surface area (Å²) in [5.74, 6) is -0.928. The lowest BCUT2D eigenvalue weighted by Crippen LogP contribution is -2.05. The van der Waals surface area contributed by atoms with Gasteiger partial charge in [-0.3, -0.25) is 4.40 Å². The molecule has 3 aromatic rings. The summed E-state index contributed by atoms with van der Waals surface area (Å²) >= 11 is 1.49. The average molecular weight is 312 g/mol. The van der Waals surface area contributed by atoms with E-state index in [1.165, 1.54) is 35.3 Å². The quantitative estimate of drug-likeness (QED) is 0.779. The van der Waals surface area contributed by atoms with E-state index in [9.17, 15) is 9.90 Å². The fourth-order valence-corrected chi connectivity index (χ4v) is 4.25. The summed E-state index contributed by atoms with van der Waals surface area (Å²) in [6, 6.07) is 6.51. The van der Waals surface area contributed by atoms with Gasteiger partial charge in [-0.1, -0.05) is 12.1 Å². The number of benzene rings is 1. The van der Waals surface area contributed by atoms with E-state index in [4.69, 9.17) is 0 Å². The second-order valence-electron chi connectivity index (χ2n) is 5.78. The van der Waals surface area contributed by atoms with Gasteiger partial charge < -0.3 is 5.11 Å². The molecule has 1 aliphatic rings. The van der Waals surface area contributed by atoms with E-state index in [0.717, 1.165) is 29.1 Å². The third kappa shape index (κ3) is 1.96. The number of carboxylic acids is 1. The molecule has 2 heterocycles. The van der Waals surface area contributed by atoms with Crippen molar-refractivity contribution < 1.29 is 9.90 Å². The van der Waals surface area contributed by atoms with Gasteiger partial charge >= 0.3 is 5.97 Å². The Balaban J connectivity index is 1.93.